The molecule has 6 nitrogen and oxygen atoms in total. The predicted molar refractivity (Wildman–Crippen MR) is 128 cm³/mol. The fourth-order valence-electron chi connectivity index (χ4n) is 3.24. The van der Waals surface area contributed by atoms with Crippen LogP contribution in [0.1, 0.15) is 41.3 Å². The van der Waals surface area contributed by atoms with Crippen molar-refractivity contribution in [2.45, 2.75) is 26.7 Å². The standard InChI is InChI=1S/C24H22FN5OS/c1-14(2)16-6-10-19(11-7-16)30-28-21-12-15(3)20(13-22(21)29-30)26-24(32)27-23(31)17-4-8-18(25)9-5-17/h4-14H,1-3H3,(H2,26,27,31,32). The van der Waals surface area contributed by atoms with Crippen LogP contribution in [0.4, 0.5) is 10.1 Å². The summed E-state index contributed by atoms with van der Waals surface area (Å²) in [6.45, 7) is 6.22. The van der Waals surface area contributed by atoms with Crippen LogP contribution in [0.2, 0.25) is 0 Å². The summed E-state index contributed by atoms with van der Waals surface area (Å²) in [5, 5.41) is 14.9. The van der Waals surface area contributed by atoms with E-state index in [1.54, 1.807) is 4.80 Å². The number of halogens is 1. The van der Waals surface area contributed by atoms with E-state index in [1.807, 2.05) is 31.2 Å². The van der Waals surface area contributed by atoms with Gasteiger partial charge in [0, 0.05) is 11.3 Å². The van der Waals surface area contributed by atoms with Crippen molar-refractivity contribution in [1.29, 1.82) is 0 Å². The SMILES string of the molecule is Cc1cc2nn(-c3ccc(C(C)C)cc3)nc2cc1NC(=S)NC(=O)c1ccc(F)cc1. The maximum Gasteiger partial charge on any atom is 0.257 e. The molecule has 0 aliphatic rings. The average molecular weight is 448 g/mol. The second-order valence-corrected chi connectivity index (χ2v) is 8.21. The number of amides is 1. The van der Waals surface area contributed by atoms with Crippen molar-refractivity contribution in [2.75, 3.05) is 5.32 Å². The molecule has 8 heteroatoms. The van der Waals surface area contributed by atoms with E-state index in [0.29, 0.717) is 22.7 Å². The zero-order valence-electron chi connectivity index (χ0n) is 17.9. The summed E-state index contributed by atoms with van der Waals surface area (Å²) in [6.07, 6.45) is 0. The third-order valence-corrected chi connectivity index (χ3v) is 5.30. The second-order valence-electron chi connectivity index (χ2n) is 7.81. The molecule has 162 valence electrons. The Hall–Kier alpha value is -3.65. The van der Waals surface area contributed by atoms with E-state index in [4.69, 9.17) is 12.2 Å². The molecule has 4 aromatic rings. The normalized spacial score (nSPS) is 11.0. The first-order chi connectivity index (χ1) is 15.3. The molecule has 0 aliphatic carbocycles. The number of carbonyl (C=O) groups excluding carboxylic acids is 1. The minimum Gasteiger partial charge on any atom is -0.332 e. The lowest BCUT2D eigenvalue weighted by Crippen LogP contribution is -2.34. The van der Waals surface area contributed by atoms with Crippen LogP contribution in [0.15, 0.2) is 60.7 Å². The van der Waals surface area contributed by atoms with Crippen molar-refractivity contribution in [3.8, 4) is 5.69 Å². The highest BCUT2D eigenvalue weighted by molar-refractivity contribution is 7.80. The molecule has 0 atom stereocenters. The van der Waals surface area contributed by atoms with E-state index in [2.05, 4.69) is 46.8 Å². The number of aryl methyl sites for hydroxylation is 1. The molecule has 1 aromatic heterocycles. The molecule has 0 saturated heterocycles. The number of anilines is 1. The van der Waals surface area contributed by atoms with Gasteiger partial charge in [-0.25, -0.2) is 4.39 Å². The monoisotopic (exact) mass is 447 g/mol. The number of hydrogen-bond donors (Lipinski definition) is 2. The van der Waals surface area contributed by atoms with Crippen LogP contribution in [0.25, 0.3) is 16.7 Å². The molecule has 32 heavy (non-hydrogen) atoms. The molecule has 0 fully saturated rings. The van der Waals surface area contributed by atoms with Gasteiger partial charge in [-0.05, 0) is 84.7 Å². The Balaban J connectivity index is 1.52. The number of benzene rings is 3. The van der Waals surface area contributed by atoms with Gasteiger partial charge in [0.2, 0.25) is 0 Å². The molecule has 1 heterocycles. The van der Waals surface area contributed by atoms with Crippen molar-refractivity contribution >= 4 is 40.0 Å². The highest BCUT2D eigenvalue weighted by Crippen LogP contribution is 2.23. The first kappa shape index (κ1) is 21.6. The summed E-state index contributed by atoms with van der Waals surface area (Å²) in [5.41, 5.74) is 5.50. The highest BCUT2D eigenvalue weighted by atomic mass is 32.1. The first-order valence-corrected chi connectivity index (χ1v) is 10.6. The van der Waals surface area contributed by atoms with Crippen molar-refractivity contribution in [1.82, 2.24) is 20.3 Å². The number of nitrogens with one attached hydrogen (secondary N) is 2. The van der Waals surface area contributed by atoms with E-state index in [0.717, 1.165) is 16.8 Å². The molecular weight excluding hydrogens is 425 g/mol. The zero-order valence-corrected chi connectivity index (χ0v) is 18.7. The molecule has 0 spiro atoms. The number of hydrogen-bond acceptors (Lipinski definition) is 4. The number of aromatic nitrogens is 3. The summed E-state index contributed by atoms with van der Waals surface area (Å²) in [4.78, 5) is 13.9. The minimum atomic E-state index is -0.419. The van der Waals surface area contributed by atoms with Gasteiger partial charge in [0.15, 0.2) is 5.11 Å². The number of thiocarbonyl (C=S) groups is 1. The fraction of sp³-hybridized carbons (Fsp3) is 0.167. The number of rotatable bonds is 4. The molecule has 4 rings (SSSR count). The van der Waals surface area contributed by atoms with Gasteiger partial charge in [-0.15, -0.1) is 10.2 Å². The quantitative estimate of drug-likeness (QED) is 0.425. The Morgan fingerprint density at radius 3 is 2.25 bits per heavy atom. The van der Waals surface area contributed by atoms with Crippen LogP contribution < -0.4 is 10.6 Å². The van der Waals surface area contributed by atoms with Crippen LogP contribution in [-0.2, 0) is 0 Å². The molecule has 0 unspecified atom stereocenters. The maximum absolute atomic E-state index is 13.0. The van der Waals surface area contributed by atoms with E-state index >= 15 is 0 Å². The summed E-state index contributed by atoms with van der Waals surface area (Å²) < 4.78 is 13.0. The van der Waals surface area contributed by atoms with Crippen molar-refractivity contribution in [3.05, 3.63) is 83.2 Å². The van der Waals surface area contributed by atoms with Crippen molar-refractivity contribution in [3.63, 3.8) is 0 Å². The van der Waals surface area contributed by atoms with Crippen LogP contribution in [0, 0.1) is 12.7 Å². The third kappa shape index (κ3) is 4.65. The maximum atomic E-state index is 13.0. The van der Waals surface area contributed by atoms with E-state index < -0.39 is 11.7 Å². The van der Waals surface area contributed by atoms with Crippen molar-refractivity contribution in [2.24, 2.45) is 0 Å². The lowest BCUT2D eigenvalue weighted by atomic mass is 10.0. The lowest BCUT2D eigenvalue weighted by molar-refractivity contribution is 0.0977. The van der Waals surface area contributed by atoms with Crippen LogP contribution in [0.3, 0.4) is 0 Å². The summed E-state index contributed by atoms with van der Waals surface area (Å²) in [5.74, 6) is -0.371. The van der Waals surface area contributed by atoms with Gasteiger partial charge in [0.25, 0.3) is 5.91 Å². The summed E-state index contributed by atoms with van der Waals surface area (Å²) in [6, 6.07) is 17.2. The smallest absolute Gasteiger partial charge is 0.257 e. The average Bonchev–Trinajstić information content (AvgIpc) is 3.17. The summed E-state index contributed by atoms with van der Waals surface area (Å²) >= 11 is 5.28. The van der Waals surface area contributed by atoms with E-state index in [9.17, 15) is 9.18 Å². The van der Waals surface area contributed by atoms with Crippen LogP contribution in [-0.4, -0.2) is 26.0 Å². The van der Waals surface area contributed by atoms with Crippen LogP contribution in [0.5, 0.6) is 0 Å². The fourth-order valence-corrected chi connectivity index (χ4v) is 3.44. The van der Waals surface area contributed by atoms with Gasteiger partial charge < -0.3 is 5.32 Å². The van der Waals surface area contributed by atoms with Gasteiger partial charge >= 0.3 is 0 Å². The molecule has 0 aliphatic heterocycles. The topological polar surface area (TPSA) is 71.8 Å². The van der Waals surface area contributed by atoms with Gasteiger partial charge in [-0.2, -0.15) is 4.80 Å². The zero-order chi connectivity index (χ0) is 22.8. The summed E-state index contributed by atoms with van der Waals surface area (Å²) in [7, 11) is 0. The Labute approximate surface area is 190 Å². The molecule has 0 saturated carbocycles. The highest BCUT2D eigenvalue weighted by Gasteiger charge is 2.12. The first-order valence-electron chi connectivity index (χ1n) is 10.2. The van der Waals surface area contributed by atoms with E-state index in [-0.39, 0.29) is 5.11 Å². The van der Waals surface area contributed by atoms with Gasteiger partial charge in [0.05, 0.1) is 5.69 Å². The number of carbonyl (C=O) groups is 1. The Kier molecular flexibility index (Phi) is 5.96. The molecule has 1 amide bonds. The third-order valence-electron chi connectivity index (χ3n) is 5.10. The van der Waals surface area contributed by atoms with Gasteiger partial charge in [0.1, 0.15) is 16.9 Å². The predicted octanol–water partition coefficient (Wildman–Crippen LogP) is 5.12. The molecule has 0 bridgehead atoms. The van der Waals surface area contributed by atoms with Gasteiger partial charge in [-0.1, -0.05) is 26.0 Å². The molecule has 0 radical (unpaired) electrons. The van der Waals surface area contributed by atoms with Crippen LogP contribution >= 0.6 is 12.2 Å². The van der Waals surface area contributed by atoms with Crippen molar-refractivity contribution < 1.29 is 9.18 Å². The Bertz CT molecular complexity index is 1300. The second kappa shape index (κ2) is 8.84. The van der Waals surface area contributed by atoms with E-state index in [1.165, 1.54) is 29.8 Å². The molecule has 3 aromatic carbocycles. The largest absolute Gasteiger partial charge is 0.332 e. The molecule has 2 N–H and O–H groups in total. The Morgan fingerprint density at radius 1 is 1.00 bits per heavy atom. The Morgan fingerprint density at radius 2 is 1.62 bits per heavy atom. The lowest BCUT2D eigenvalue weighted by Gasteiger charge is -2.11. The number of fused-ring (bicyclic) bond motifs is 1. The molecular formula is C24H22FN5OS. The minimum absolute atomic E-state index is 0.137. The number of nitrogens with zero attached hydrogens (tertiary/aromatic N) is 3. The van der Waals surface area contributed by atoms with Gasteiger partial charge in [-0.3, -0.25) is 10.1 Å².